The molecular weight excluding hydrogens is 222 g/mol. The maximum absolute atomic E-state index is 12.1. The zero-order valence-electron chi connectivity index (χ0n) is 9.44. The molecule has 6 heteroatoms. The van der Waals surface area contributed by atoms with Crippen LogP contribution in [0.2, 0.25) is 0 Å². The van der Waals surface area contributed by atoms with E-state index in [1.807, 2.05) is 0 Å². The molecule has 0 aromatic carbocycles. The molecule has 0 aromatic rings. The van der Waals surface area contributed by atoms with E-state index in [1.165, 1.54) is 0 Å². The van der Waals surface area contributed by atoms with Crippen LogP contribution in [-0.4, -0.2) is 48.3 Å². The number of carbonyl (C=O) groups excluding carboxylic acids is 3. The summed E-state index contributed by atoms with van der Waals surface area (Å²) < 4.78 is 0. The summed E-state index contributed by atoms with van der Waals surface area (Å²) in [5.41, 5.74) is 0. The second-order valence-corrected chi connectivity index (χ2v) is 4.96. The number of nitrogens with one attached hydrogen (secondary N) is 2. The van der Waals surface area contributed by atoms with Gasteiger partial charge < -0.3 is 10.2 Å². The molecule has 3 aliphatic rings. The molecule has 3 saturated heterocycles. The van der Waals surface area contributed by atoms with Crippen LogP contribution < -0.4 is 10.6 Å². The summed E-state index contributed by atoms with van der Waals surface area (Å²) >= 11 is 0. The number of fused-ring (bicyclic) bond motifs is 1. The van der Waals surface area contributed by atoms with Crippen LogP contribution in [0, 0.1) is 11.8 Å². The number of imide groups is 1. The monoisotopic (exact) mass is 237 g/mol. The molecule has 0 radical (unpaired) electrons. The number of amides is 3. The summed E-state index contributed by atoms with van der Waals surface area (Å²) in [4.78, 5) is 36.7. The number of hydrogen-bond acceptors (Lipinski definition) is 4. The highest BCUT2D eigenvalue weighted by Crippen LogP contribution is 2.29. The number of likely N-dealkylation sites (tertiary alicyclic amines) is 1. The van der Waals surface area contributed by atoms with E-state index in [9.17, 15) is 14.4 Å². The van der Waals surface area contributed by atoms with Gasteiger partial charge in [0, 0.05) is 13.1 Å². The van der Waals surface area contributed by atoms with Crippen molar-refractivity contribution in [1.82, 2.24) is 15.5 Å². The van der Waals surface area contributed by atoms with Crippen LogP contribution >= 0.6 is 0 Å². The molecule has 2 N–H and O–H groups in total. The maximum Gasteiger partial charge on any atom is 0.239 e. The Morgan fingerprint density at radius 2 is 1.82 bits per heavy atom. The van der Waals surface area contributed by atoms with E-state index in [0.717, 1.165) is 19.4 Å². The third-order valence-corrected chi connectivity index (χ3v) is 3.91. The number of nitrogens with zero attached hydrogens (tertiary/aromatic N) is 1. The van der Waals surface area contributed by atoms with E-state index in [-0.39, 0.29) is 35.6 Å². The van der Waals surface area contributed by atoms with Gasteiger partial charge in [0.25, 0.3) is 0 Å². The first-order valence-electron chi connectivity index (χ1n) is 6.03. The topological polar surface area (TPSA) is 78.5 Å². The lowest BCUT2D eigenvalue weighted by Crippen LogP contribution is -2.44. The molecule has 3 aliphatic heterocycles. The highest BCUT2D eigenvalue weighted by molar-refractivity contribution is 6.06. The average molecular weight is 237 g/mol. The quantitative estimate of drug-likeness (QED) is 0.542. The number of carbonyl (C=O) groups is 3. The van der Waals surface area contributed by atoms with E-state index in [2.05, 4.69) is 10.6 Å². The lowest BCUT2D eigenvalue weighted by Gasteiger charge is -2.21. The molecule has 3 rings (SSSR count). The minimum absolute atomic E-state index is 0.0394. The van der Waals surface area contributed by atoms with Crippen molar-refractivity contribution in [3.8, 4) is 0 Å². The zero-order chi connectivity index (χ0) is 12.0. The van der Waals surface area contributed by atoms with Crippen molar-refractivity contribution in [3.63, 3.8) is 0 Å². The van der Waals surface area contributed by atoms with Crippen LogP contribution in [0.5, 0.6) is 0 Å². The zero-order valence-corrected chi connectivity index (χ0v) is 9.44. The highest BCUT2D eigenvalue weighted by Gasteiger charge is 2.49. The molecule has 0 saturated carbocycles. The van der Waals surface area contributed by atoms with Crippen molar-refractivity contribution in [2.45, 2.75) is 18.9 Å². The van der Waals surface area contributed by atoms with Gasteiger partial charge in [-0.1, -0.05) is 0 Å². The van der Waals surface area contributed by atoms with Gasteiger partial charge in [0.15, 0.2) is 0 Å². The van der Waals surface area contributed by atoms with Gasteiger partial charge in [-0.05, 0) is 19.4 Å². The summed E-state index contributed by atoms with van der Waals surface area (Å²) in [5.74, 6) is -1.07. The van der Waals surface area contributed by atoms with Crippen LogP contribution in [0.1, 0.15) is 12.8 Å². The molecule has 3 amide bonds. The van der Waals surface area contributed by atoms with Crippen molar-refractivity contribution in [3.05, 3.63) is 0 Å². The fourth-order valence-corrected chi connectivity index (χ4v) is 2.94. The van der Waals surface area contributed by atoms with Crippen LogP contribution in [0.3, 0.4) is 0 Å². The van der Waals surface area contributed by atoms with Gasteiger partial charge in [-0.3, -0.25) is 19.7 Å². The van der Waals surface area contributed by atoms with Crippen molar-refractivity contribution in [2.24, 2.45) is 11.8 Å². The van der Waals surface area contributed by atoms with Gasteiger partial charge in [0.05, 0.1) is 17.9 Å². The van der Waals surface area contributed by atoms with Gasteiger partial charge >= 0.3 is 0 Å². The minimum Gasteiger partial charge on any atom is -0.340 e. The first kappa shape index (κ1) is 10.7. The number of rotatable bonds is 1. The predicted octanol–water partition coefficient (Wildman–Crippen LogP) is -1.53. The Bertz CT molecular complexity index is 367. The van der Waals surface area contributed by atoms with Gasteiger partial charge in [0.2, 0.25) is 17.7 Å². The molecular formula is C11H15N3O3. The van der Waals surface area contributed by atoms with E-state index < -0.39 is 0 Å². The Kier molecular flexibility index (Phi) is 2.39. The SMILES string of the molecule is O=C1NC(=O)[C@@H]2CN(C(=O)[C@@H]3CCCN3)C[C@@H]12. The maximum atomic E-state index is 12.1. The Balaban J connectivity index is 1.70. The number of hydrogen-bond donors (Lipinski definition) is 2. The lowest BCUT2D eigenvalue weighted by atomic mass is 10.00. The Morgan fingerprint density at radius 3 is 2.35 bits per heavy atom. The van der Waals surface area contributed by atoms with Crippen molar-refractivity contribution in [1.29, 1.82) is 0 Å². The van der Waals surface area contributed by atoms with Crippen molar-refractivity contribution < 1.29 is 14.4 Å². The molecule has 0 bridgehead atoms. The standard InChI is InChI=1S/C11H15N3O3/c15-9-6-4-14(5-7(6)10(16)13-9)11(17)8-2-1-3-12-8/h6-8,12H,1-5H2,(H,13,15,16)/t6-,7-,8+/m1/s1. The first-order valence-corrected chi connectivity index (χ1v) is 6.03. The molecule has 0 aromatic heterocycles. The second kappa shape index (κ2) is 3.80. The Labute approximate surface area is 98.7 Å². The van der Waals surface area contributed by atoms with E-state index in [4.69, 9.17) is 0 Å². The predicted molar refractivity (Wildman–Crippen MR) is 57.7 cm³/mol. The Morgan fingerprint density at radius 1 is 1.18 bits per heavy atom. The average Bonchev–Trinajstić information content (AvgIpc) is 3.00. The van der Waals surface area contributed by atoms with Crippen LogP contribution in [-0.2, 0) is 14.4 Å². The summed E-state index contributed by atoms with van der Waals surface area (Å²) in [6.45, 7) is 1.65. The fraction of sp³-hybridized carbons (Fsp3) is 0.727. The largest absolute Gasteiger partial charge is 0.340 e. The van der Waals surface area contributed by atoms with Crippen molar-refractivity contribution >= 4 is 17.7 Å². The molecule has 0 spiro atoms. The third-order valence-electron chi connectivity index (χ3n) is 3.91. The van der Waals surface area contributed by atoms with Gasteiger partial charge in [-0.25, -0.2) is 0 Å². The van der Waals surface area contributed by atoms with Gasteiger partial charge in [-0.2, -0.15) is 0 Å². The molecule has 6 nitrogen and oxygen atoms in total. The van der Waals surface area contributed by atoms with Gasteiger partial charge in [0.1, 0.15) is 0 Å². The molecule has 17 heavy (non-hydrogen) atoms. The minimum atomic E-state index is -0.326. The Hall–Kier alpha value is -1.43. The highest BCUT2D eigenvalue weighted by atomic mass is 16.2. The van der Waals surface area contributed by atoms with Crippen LogP contribution in [0.15, 0.2) is 0 Å². The third kappa shape index (κ3) is 1.63. The summed E-state index contributed by atoms with van der Waals surface area (Å²) in [7, 11) is 0. The molecule has 3 atom stereocenters. The summed E-state index contributed by atoms with van der Waals surface area (Å²) in [6.07, 6.45) is 1.86. The van der Waals surface area contributed by atoms with Gasteiger partial charge in [-0.15, -0.1) is 0 Å². The fourth-order valence-electron chi connectivity index (χ4n) is 2.94. The van der Waals surface area contributed by atoms with E-state index >= 15 is 0 Å². The second-order valence-electron chi connectivity index (χ2n) is 4.96. The molecule has 92 valence electrons. The van der Waals surface area contributed by atoms with E-state index in [1.54, 1.807) is 4.90 Å². The smallest absolute Gasteiger partial charge is 0.239 e. The van der Waals surface area contributed by atoms with E-state index in [0.29, 0.717) is 13.1 Å². The molecule has 0 aliphatic carbocycles. The normalized spacial score (nSPS) is 36.2. The molecule has 3 fully saturated rings. The lowest BCUT2D eigenvalue weighted by molar-refractivity contribution is -0.133. The summed E-state index contributed by atoms with van der Waals surface area (Å²) in [6, 6.07) is -0.119. The van der Waals surface area contributed by atoms with Crippen LogP contribution in [0.4, 0.5) is 0 Å². The molecule has 3 heterocycles. The molecule has 0 unspecified atom stereocenters. The summed E-state index contributed by atoms with van der Waals surface area (Å²) in [5, 5.41) is 5.46. The van der Waals surface area contributed by atoms with Crippen LogP contribution in [0.25, 0.3) is 0 Å². The van der Waals surface area contributed by atoms with Crippen molar-refractivity contribution in [2.75, 3.05) is 19.6 Å². The first-order chi connectivity index (χ1) is 8.16.